The maximum atomic E-state index is 13.5. The van der Waals surface area contributed by atoms with Crippen molar-refractivity contribution in [2.45, 2.75) is 51.6 Å². The molecule has 0 aliphatic carbocycles. The van der Waals surface area contributed by atoms with Crippen LogP contribution >= 0.6 is 0 Å². The first-order chi connectivity index (χ1) is 12.6. The van der Waals surface area contributed by atoms with Gasteiger partial charge in [0.05, 0.1) is 24.7 Å². The van der Waals surface area contributed by atoms with Crippen LogP contribution in [0.15, 0.2) is 30.3 Å². The van der Waals surface area contributed by atoms with Gasteiger partial charge < -0.3 is 9.64 Å². The molecule has 3 fully saturated rings. The summed E-state index contributed by atoms with van der Waals surface area (Å²) in [5.41, 5.74) is 1.23. The monoisotopic (exact) mass is 356 g/mol. The van der Waals surface area contributed by atoms with E-state index in [1.165, 1.54) is 5.56 Å². The number of ether oxygens (including phenoxy) is 1. The highest BCUT2D eigenvalue weighted by molar-refractivity contribution is 5.85. The third-order valence-corrected chi connectivity index (χ3v) is 6.55. The average molecular weight is 357 g/mol. The highest BCUT2D eigenvalue weighted by atomic mass is 16.5. The summed E-state index contributed by atoms with van der Waals surface area (Å²) in [6, 6.07) is 11.6. The van der Waals surface area contributed by atoms with E-state index in [4.69, 9.17) is 4.74 Å². The third kappa shape index (κ3) is 3.41. The van der Waals surface area contributed by atoms with Crippen LogP contribution in [0.2, 0.25) is 0 Å². The van der Waals surface area contributed by atoms with Crippen LogP contribution in [0.1, 0.15) is 38.7 Å². The number of nitrogens with zero attached hydrogens (tertiary/aromatic N) is 2. The summed E-state index contributed by atoms with van der Waals surface area (Å²) in [6.07, 6.45) is 4.05. The Hall–Kier alpha value is -1.39. The fourth-order valence-corrected chi connectivity index (χ4v) is 4.98. The third-order valence-electron chi connectivity index (χ3n) is 6.55. The quantitative estimate of drug-likeness (QED) is 0.813. The zero-order chi connectivity index (χ0) is 18.1. The normalized spacial score (nSPS) is 26.7. The molecule has 0 radical (unpaired) electrons. The molecule has 0 saturated carbocycles. The Labute approximate surface area is 157 Å². The Morgan fingerprint density at radius 2 is 1.85 bits per heavy atom. The van der Waals surface area contributed by atoms with Gasteiger partial charge in [-0.25, -0.2) is 0 Å². The molecule has 4 heteroatoms. The first kappa shape index (κ1) is 18.0. The molecule has 3 aliphatic rings. The Balaban J connectivity index is 1.48. The van der Waals surface area contributed by atoms with Gasteiger partial charge in [0.25, 0.3) is 0 Å². The molecule has 1 aromatic carbocycles. The Bertz CT molecular complexity index is 618. The Kier molecular flexibility index (Phi) is 5.07. The van der Waals surface area contributed by atoms with Gasteiger partial charge in [0.2, 0.25) is 5.91 Å². The second kappa shape index (κ2) is 7.32. The van der Waals surface area contributed by atoms with Gasteiger partial charge in [-0.1, -0.05) is 44.2 Å². The SMILES string of the molecule is CC(C)CN1C(=O)C2(CCN(C3COC3)CC2)CC1Cc1ccccc1. The van der Waals surface area contributed by atoms with Crippen molar-refractivity contribution in [3.8, 4) is 0 Å². The van der Waals surface area contributed by atoms with E-state index in [0.29, 0.717) is 23.9 Å². The maximum absolute atomic E-state index is 13.5. The molecule has 0 bridgehead atoms. The minimum absolute atomic E-state index is 0.116. The predicted octanol–water partition coefficient (Wildman–Crippen LogP) is 2.97. The smallest absolute Gasteiger partial charge is 0.229 e. The molecule has 26 heavy (non-hydrogen) atoms. The summed E-state index contributed by atoms with van der Waals surface area (Å²) in [6.45, 7) is 9.17. The van der Waals surface area contributed by atoms with Crippen LogP contribution in [0.25, 0.3) is 0 Å². The van der Waals surface area contributed by atoms with Crippen molar-refractivity contribution in [3.63, 3.8) is 0 Å². The fourth-order valence-electron chi connectivity index (χ4n) is 4.98. The van der Waals surface area contributed by atoms with Crippen molar-refractivity contribution in [2.24, 2.45) is 11.3 Å². The van der Waals surface area contributed by atoms with Crippen LogP contribution < -0.4 is 0 Å². The maximum Gasteiger partial charge on any atom is 0.229 e. The van der Waals surface area contributed by atoms with E-state index in [0.717, 1.165) is 58.5 Å². The van der Waals surface area contributed by atoms with E-state index >= 15 is 0 Å². The number of amides is 1. The minimum atomic E-state index is -0.116. The Morgan fingerprint density at radius 1 is 1.15 bits per heavy atom. The van der Waals surface area contributed by atoms with Gasteiger partial charge in [-0.2, -0.15) is 0 Å². The van der Waals surface area contributed by atoms with Gasteiger partial charge in [0, 0.05) is 12.6 Å². The highest BCUT2D eigenvalue weighted by Crippen LogP contribution is 2.46. The van der Waals surface area contributed by atoms with Crippen molar-refractivity contribution in [1.82, 2.24) is 9.80 Å². The van der Waals surface area contributed by atoms with E-state index in [9.17, 15) is 4.79 Å². The molecule has 0 N–H and O–H groups in total. The van der Waals surface area contributed by atoms with Crippen molar-refractivity contribution in [1.29, 1.82) is 0 Å². The first-order valence-electron chi connectivity index (χ1n) is 10.2. The molecule has 3 heterocycles. The summed E-state index contributed by atoms with van der Waals surface area (Å²) in [7, 11) is 0. The van der Waals surface area contributed by atoms with Gasteiger partial charge in [-0.05, 0) is 50.3 Å². The van der Waals surface area contributed by atoms with E-state index in [-0.39, 0.29) is 5.41 Å². The molecular weight excluding hydrogens is 324 g/mol. The number of rotatable bonds is 5. The molecular formula is C22H32N2O2. The van der Waals surface area contributed by atoms with Crippen molar-refractivity contribution < 1.29 is 9.53 Å². The van der Waals surface area contributed by atoms with E-state index in [1.54, 1.807) is 0 Å². The van der Waals surface area contributed by atoms with Crippen LogP contribution in [0.5, 0.6) is 0 Å². The number of carbonyl (C=O) groups excluding carboxylic acids is 1. The molecule has 1 aromatic rings. The lowest BCUT2D eigenvalue weighted by molar-refractivity contribution is -0.141. The summed E-state index contributed by atoms with van der Waals surface area (Å²) in [5, 5.41) is 0. The number of likely N-dealkylation sites (tertiary alicyclic amines) is 2. The van der Waals surface area contributed by atoms with Gasteiger partial charge in [-0.3, -0.25) is 9.69 Å². The van der Waals surface area contributed by atoms with Crippen LogP contribution in [0.3, 0.4) is 0 Å². The summed E-state index contributed by atoms with van der Waals surface area (Å²) >= 11 is 0. The van der Waals surface area contributed by atoms with Crippen molar-refractivity contribution >= 4 is 5.91 Å². The van der Waals surface area contributed by atoms with Crippen molar-refractivity contribution in [3.05, 3.63) is 35.9 Å². The molecule has 142 valence electrons. The zero-order valence-electron chi connectivity index (χ0n) is 16.2. The Morgan fingerprint density at radius 3 is 2.42 bits per heavy atom. The molecule has 4 nitrogen and oxygen atoms in total. The zero-order valence-corrected chi connectivity index (χ0v) is 16.2. The fraction of sp³-hybridized carbons (Fsp3) is 0.682. The molecule has 0 aromatic heterocycles. The molecule has 1 spiro atoms. The van der Waals surface area contributed by atoms with Gasteiger partial charge >= 0.3 is 0 Å². The van der Waals surface area contributed by atoms with Gasteiger partial charge in [0.1, 0.15) is 0 Å². The molecule has 1 unspecified atom stereocenters. The molecule has 4 rings (SSSR count). The van der Waals surface area contributed by atoms with Gasteiger partial charge in [0.15, 0.2) is 0 Å². The lowest BCUT2D eigenvalue weighted by Crippen LogP contribution is -2.54. The van der Waals surface area contributed by atoms with Crippen LogP contribution in [0, 0.1) is 11.3 Å². The molecule has 3 saturated heterocycles. The number of carbonyl (C=O) groups is 1. The average Bonchev–Trinajstić information content (AvgIpc) is 2.82. The van der Waals surface area contributed by atoms with Crippen molar-refractivity contribution in [2.75, 3.05) is 32.8 Å². The predicted molar refractivity (Wildman–Crippen MR) is 103 cm³/mol. The topological polar surface area (TPSA) is 32.8 Å². The second-order valence-corrected chi connectivity index (χ2v) is 8.91. The molecule has 3 aliphatic heterocycles. The standard InChI is InChI=1S/C22H32N2O2/c1-17(2)14-24-19(12-18-6-4-3-5-7-18)13-22(21(24)25)8-10-23(11-9-22)20-15-26-16-20/h3-7,17,19-20H,8-16H2,1-2H3. The van der Waals surface area contributed by atoms with E-state index in [2.05, 4.69) is 54.0 Å². The number of hydrogen-bond donors (Lipinski definition) is 0. The summed E-state index contributed by atoms with van der Waals surface area (Å²) in [4.78, 5) is 18.2. The van der Waals surface area contributed by atoms with Crippen LogP contribution in [0.4, 0.5) is 0 Å². The summed E-state index contributed by atoms with van der Waals surface area (Å²) in [5.74, 6) is 0.941. The second-order valence-electron chi connectivity index (χ2n) is 8.91. The highest BCUT2D eigenvalue weighted by Gasteiger charge is 2.52. The minimum Gasteiger partial charge on any atom is -0.378 e. The van der Waals surface area contributed by atoms with E-state index in [1.807, 2.05) is 0 Å². The lowest BCUT2D eigenvalue weighted by Gasteiger charge is -2.44. The van der Waals surface area contributed by atoms with Gasteiger partial charge in [-0.15, -0.1) is 0 Å². The van der Waals surface area contributed by atoms with Crippen LogP contribution in [-0.4, -0.2) is 60.6 Å². The van der Waals surface area contributed by atoms with Crippen LogP contribution in [-0.2, 0) is 16.0 Å². The largest absolute Gasteiger partial charge is 0.378 e. The summed E-state index contributed by atoms with van der Waals surface area (Å²) < 4.78 is 5.35. The molecule has 1 amide bonds. The lowest BCUT2D eigenvalue weighted by atomic mass is 9.75. The number of benzene rings is 1. The van der Waals surface area contributed by atoms with E-state index < -0.39 is 0 Å². The number of piperidine rings is 1. The number of hydrogen-bond acceptors (Lipinski definition) is 3. The first-order valence-corrected chi connectivity index (χ1v) is 10.2. The molecule has 1 atom stereocenters.